The molecule has 0 radical (unpaired) electrons. The third-order valence-corrected chi connectivity index (χ3v) is 3.83. The summed E-state index contributed by atoms with van der Waals surface area (Å²) in [6, 6.07) is 7.93. The quantitative estimate of drug-likeness (QED) is 0.848. The first-order chi connectivity index (χ1) is 7.78. The zero-order valence-electron chi connectivity index (χ0n) is 8.71. The second-order valence-corrected chi connectivity index (χ2v) is 5.14. The van der Waals surface area contributed by atoms with Crippen LogP contribution in [-0.4, -0.2) is 17.3 Å². The van der Waals surface area contributed by atoms with E-state index in [4.69, 9.17) is 10.5 Å². The van der Waals surface area contributed by atoms with Crippen LogP contribution in [0.2, 0.25) is 0 Å². The number of nitrogens with two attached hydrogens (primary N) is 1. The van der Waals surface area contributed by atoms with Crippen molar-refractivity contribution in [1.29, 1.82) is 0 Å². The fourth-order valence-corrected chi connectivity index (χ4v) is 2.70. The molecule has 2 aromatic rings. The monoisotopic (exact) mass is 253 g/mol. The molecule has 2 N–H and O–H groups in total. The predicted octanol–water partition coefficient (Wildman–Crippen LogP) is 2.42. The van der Waals surface area contributed by atoms with Crippen LogP contribution < -0.4 is 10.5 Å². The van der Waals surface area contributed by atoms with E-state index >= 15 is 0 Å². The average molecular weight is 253 g/mol. The van der Waals surface area contributed by atoms with Gasteiger partial charge in [0.1, 0.15) is 10.8 Å². The van der Waals surface area contributed by atoms with E-state index in [1.807, 2.05) is 24.3 Å². The average Bonchev–Trinajstić information content (AvgIpc) is 2.73. The van der Waals surface area contributed by atoms with Crippen LogP contribution in [-0.2, 0) is 5.75 Å². The number of hydrogen-bond donors (Lipinski definition) is 1. The SMILES string of the molecule is COc1cccc(SCc2nnc(N)s2)c1. The Hall–Kier alpha value is -1.27. The highest BCUT2D eigenvalue weighted by Gasteiger charge is 2.02. The molecular weight excluding hydrogens is 242 g/mol. The lowest BCUT2D eigenvalue weighted by Crippen LogP contribution is -1.83. The summed E-state index contributed by atoms with van der Waals surface area (Å²) in [5.74, 6) is 1.64. The van der Waals surface area contributed by atoms with Crippen LogP contribution in [0.25, 0.3) is 0 Å². The van der Waals surface area contributed by atoms with E-state index in [-0.39, 0.29) is 0 Å². The third-order valence-electron chi connectivity index (χ3n) is 1.89. The molecule has 0 bridgehead atoms. The van der Waals surface area contributed by atoms with Crippen molar-refractivity contribution < 1.29 is 4.74 Å². The van der Waals surface area contributed by atoms with E-state index in [1.54, 1.807) is 18.9 Å². The van der Waals surface area contributed by atoms with Gasteiger partial charge in [0.05, 0.1) is 12.9 Å². The molecular formula is C10H11N3OS2. The smallest absolute Gasteiger partial charge is 0.203 e. The Morgan fingerprint density at radius 2 is 2.31 bits per heavy atom. The van der Waals surface area contributed by atoms with Gasteiger partial charge < -0.3 is 10.5 Å². The van der Waals surface area contributed by atoms with Crippen LogP contribution in [0, 0.1) is 0 Å². The maximum atomic E-state index is 5.51. The summed E-state index contributed by atoms with van der Waals surface area (Å²) in [5.41, 5.74) is 5.51. The molecule has 0 fully saturated rings. The van der Waals surface area contributed by atoms with E-state index in [0.717, 1.165) is 21.4 Å². The van der Waals surface area contributed by atoms with Crippen molar-refractivity contribution in [2.24, 2.45) is 0 Å². The van der Waals surface area contributed by atoms with Crippen molar-refractivity contribution in [3.05, 3.63) is 29.3 Å². The predicted molar refractivity (Wildman–Crippen MR) is 66.9 cm³/mol. The van der Waals surface area contributed by atoms with E-state index < -0.39 is 0 Å². The number of anilines is 1. The number of nitrogens with zero attached hydrogens (tertiary/aromatic N) is 2. The molecule has 0 amide bonds. The Bertz CT molecular complexity index is 473. The summed E-state index contributed by atoms with van der Waals surface area (Å²) in [4.78, 5) is 1.15. The highest BCUT2D eigenvalue weighted by molar-refractivity contribution is 7.98. The molecule has 0 spiro atoms. The molecule has 1 aromatic carbocycles. The van der Waals surface area contributed by atoms with Gasteiger partial charge in [0.25, 0.3) is 0 Å². The van der Waals surface area contributed by atoms with Crippen LogP contribution in [0.15, 0.2) is 29.2 Å². The minimum atomic E-state index is 0.515. The molecule has 0 atom stereocenters. The molecule has 0 unspecified atom stereocenters. The molecule has 0 aliphatic rings. The van der Waals surface area contributed by atoms with Gasteiger partial charge in [-0.3, -0.25) is 0 Å². The molecule has 84 valence electrons. The first-order valence-corrected chi connectivity index (χ1v) is 6.43. The molecule has 0 saturated carbocycles. The van der Waals surface area contributed by atoms with Crippen molar-refractivity contribution in [1.82, 2.24) is 10.2 Å². The van der Waals surface area contributed by atoms with Gasteiger partial charge in [-0.05, 0) is 18.2 Å². The van der Waals surface area contributed by atoms with Crippen LogP contribution in [0.5, 0.6) is 5.75 Å². The standard InChI is InChI=1S/C10H11N3OS2/c1-14-7-3-2-4-8(5-7)15-6-9-12-13-10(11)16-9/h2-5H,6H2,1H3,(H2,11,13). The topological polar surface area (TPSA) is 61.0 Å². The van der Waals surface area contributed by atoms with Gasteiger partial charge >= 0.3 is 0 Å². The maximum Gasteiger partial charge on any atom is 0.203 e. The number of nitrogen functional groups attached to an aromatic ring is 1. The fourth-order valence-electron chi connectivity index (χ4n) is 1.16. The highest BCUT2D eigenvalue weighted by atomic mass is 32.2. The number of ether oxygens (including phenoxy) is 1. The Morgan fingerprint density at radius 1 is 1.44 bits per heavy atom. The summed E-state index contributed by atoms with van der Waals surface area (Å²) >= 11 is 3.11. The normalized spacial score (nSPS) is 10.3. The van der Waals surface area contributed by atoms with Crippen molar-refractivity contribution in [3.8, 4) is 5.75 Å². The summed E-state index contributed by atoms with van der Waals surface area (Å²) < 4.78 is 5.15. The molecule has 2 rings (SSSR count). The zero-order chi connectivity index (χ0) is 11.4. The van der Waals surface area contributed by atoms with Gasteiger partial charge in [0.15, 0.2) is 0 Å². The number of thioether (sulfide) groups is 1. The lowest BCUT2D eigenvalue weighted by atomic mass is 10.3. The number of benzene rings is 1. The van der Waals surface area contributed by atoms with Gasteiger partial charge in [-0.1, -0.05) is 17.4 Å². The van der Waals surface area contributed by atoms with Crippen LogP contribution in [0.1, 0.15) is 5.01 Å². The van der Waals surface area contributed by atoms with Crippen LogP contribution in [0.3, 0.4) is 0 Å². The first-order valence-electron chi connectivity index (χ1n) is 4.62. The highest BCUT2D eigenvalue weighted by Crippen LogP contribution is 2.27. The third kappa shape index (κ3) is 2.86. The lowest BCUT2D eigenvalue weighted by molar-refractivity contribution is 0.413. The molecule has 1 aromatic heterocycles. The summed E-state index contributed by atoms with van der Waals surface area (Å²) in [7, 11) is 1.66. The summed E-state index contributed by atoms with van der Waals surface area (Å²) in [5, 5.41) is 9.19. The Balaban J connectivity index is 1.99. The van der Waals surface area contributed by atoms with E-state index in [1.165, 1.54) is 11.3 Å². The lowest BCUT2D eigenvalue weighted by Gasteiger charge is -2.02. The fraction of sp³-hybridized carbons (Fsp3) is 0.200. The maximum absolute atomic E-state index is 5.51. The molecule has 16 heavy (non-hydrogen) atoms. The van der Waals surface area contributed by atoms with Gasteiger partial charge in [-0.25, -0.2) is 0 Å². The summed E-state index contributed by atoms with van der Waals surface area (Å²) in [6.07, 6.45) is 0. The van der Waals surface area contributed by atoms with E-state index in [0.29, 0.717) is 5.13 Å². The Labute approximate surface area is 102 Å². The van der Waals surface area contributed by atoms with E-state index in [2.05, 4.69) is 10.2 Å². The van der Waals surface area contributed by atoms with Crippen LogP contribution >= 0.6 is 23.1 Å². The second-order valence-electron chi connectivity index (χ2n) is 3.00. The number of methoxy groups -OCH3 is 1. The van der Waals surface area contributed by atoms with Crippen molar-refractivity contribution >= 4 is 28.2 Å². The van der Waals surface area contributed by atoms with Crippen molar-refractivity contribution in [3.63, 3.8) is 0 Å². The molecule has 0 saturated heterocycles. The zero-order valence-corrected chi connectivity index (χ0v) is 10.3. The van der Waals surface area contributed by atoms with E-state index in [9.17, 15) is 0 Å². The first kappa shape index (κ1) is 11.2. The van der Waals surface area contributed by atoms with Gasteiger partial charge in [-0.2, -0.15) is 0 Å². The van der Waals surface area contributed by atoms with Gasteiger partial charge in [0, 0.05) is 4.90 Å². The minimum Gasteiger partial charge on any atom is -0.497 e. The van der Waals surface area contributed by atoms with Gasteiger partial charge in [-0.15, -0.1) is 22.0 Å². The second kappa shape index (κ2) is 5.18. The number of aromatic nitrogens is 2. The molecule has 1 heterocycles. The van der Waals surface area contributed by atoms with Crippen LogP contribution in [0.4, 0.5) is 5.13 Å². The van der Waals surface area contributed by atoms with Crippen molar-refractivity contribution in [2.45, 2.75) is 10.6 Å². The molecule has 0 aliphatic heterocycles. The Morgan fingerprint density at radius 3 is 3.00 bits per heavy atom. The number of rotatable bonds is 4. The molecule has 0 aliphatic carbocycles. The van der Waals surface area contributed by atoms with Gasteiger partial charge in [0.2, 0.25) is 5.13 Å². The largest absolute Gasteiger partial charge is 0.497 e. The Kier molecular flexibility index (Phi) is 3.63. The summed E-state index contributed by atoms with van der Waals surface area (Å²) in [6.45, 7) is 0. The number of hydrogen-bond acceptors (Lipinski definition) is 6. The molecule has 4 nitrogen and oxygen atoms in total. The minimum absolute atomic E-state index is 0.515. The molecule has 6 heteroatoms. The van der Waals surface area contributed by atoms with Crippen molar-refractivity contribution in [2.75, 3.05) is 12.8 Å².